The Kier molecular flexibility index (Phi) is 9.34. The number of esters is 2. The highest BCUT2D eigenvalue weighted by molar-refractivity contribution is 7.16. The van der Waals surface area contributed by atoms with Crippen LogP contribution in [0.2, 0.25) is 0 Å². The van der Waals surface area contributed by atoms with Gasteiger partial charge in [-0.2, -0.15) is 0 Å². The van der Waals surface area contributed by atoms with Crippen molar-refractivity contribution in [3.05, 3.63) is 46.3 Å². The first-order valence-corrected chi connectivity index (χ1v) is 10.7. The fourth-order valence-electron chi connectivity index (χ4n) is 2.82. The van der Waals surface area contributed by atoms with Gasteiger partial charge in [0.2, 0.25) is 0 Å². The molecule has 0 spiro atoms. The average molecular weight is 434 g/mol. The number of rotatable bonds is 11. The lowest BCUT2D eigenvalue weighted by Crippen LogP contribution is -2.22. The maximum Gasteiger partial charge on any atom is 0.341 e. The summed E-state index contributed by atoms with van der Waals surface area (Å²) in [5.41, 5.74) is 1.23. The third-order valence-corrected chi connectivity index (χ3v) is 5.26. The molecule has 2 rings (SSSR count). The Bertz CT molecular complexity index is 862. The Morgan fingerprint density at radius 3 is 2.47 bits per heavy atom. The quantitative estimate of drug-likeness (QED) is 0.423. The molecule has 0 radical (unpaired) electrons. The van der Waals surface area contributed by atoms with Crippen LogP contribution in [0.25, 0.3) is 0 Å². The predicted octanol–water partition coefficient (Wildman–Crippen LogP) is 4.14. The number of aryl methyl sites for hydroxylation is 1. The van der Waals surface area contributed by atoms with E-state index in [9.17, 15) is 14.4 Å². The van der Waals surface area contributed by atoms with Crippen molar-refractivity contribution in [1.29, 1.82) is 0 Å². The van der Waals surface area contributed by atoms with Crippen molar-refractivity contribution in [3.8, 4) is 5.75 Å². The Hall–Kier alpha value is -2.87. The largest absolute Gasteiger partial charge is 0.494 e. The van der Waals surface area contributed by atoms with E-state index in [1.54, 1.807) is 6.92 Å². The molecular weight excluding hydrogens is 406 g/mol. The second-order valence-corrected chi connectivity index (χ2v) is 7.61. The fraction of sp³-hybridized carbons (Fsp3) is 0.409. The van der Waals surface area contributed by atoms with Gasteiger partial charge in [0.15, 0.2) is 6.61 Å². The lowest BCUT2D eigenvalue weighted by atomic mass is 10.1. The van der Waals surface area contributed by atoms with Crippen LogP contribution in [0.3, 0.4) is 0 Å². The highest BCUT2D eigenvalue weighted by atomic mass is 32.1. The minimum Gasteiger partial charge on any atom is -0.494 e. The lowest BCUT2D eigenvalue weighted by Gasteiger charge is -2.09. The SMILES string of the molecule is CCOC(=O)c1c(NC(=O)COC(=O)CCCOc2ccccc2)sc(C)c1CC. The third kappa shape index (κ3) is 6.88. The van der Waals surface area contributed by atoms with Crippen molar-refractivity contribution in [2.24, 2.45) is 0 Å². The Morgan fingerprint density at radius 2 is 1.80 bits per heavy atom. The first-order chi connectivity index (χ1) is 14.5. The molecule has 2 aromatic rings. The number of ether oxygens (including phenoxy) is 3. The number of para-hydroxylation sites is 1. The van der Waals surface area contributed by atoms with Crippen molar-refractivity contribution in [1.82, 2.24) is 0 Å². The summed E-state index contributed by atoms with van der Waals surface area (Å²) >= 11 is 1.31. The second kappa shape index (κ2) is 12.0. The molecule has 0 saturated carbocycles. The van der Waals surface area contributed by atoms with Gasteiger partial charge in [0.1, 0.15) is 10.8 Å². The number of nitrogens with one attached hydrogen (secondary N) is 1. The molecular formula is C22H27NO6S. The number of anilines is 1. The summed E-state index contributed by atoms with van der Waals surface area (Å²) in [6.07, 6.45) is 1.27. The summed E-state index contributed by atoms with van der Waals surface area (Å²) in [5, 5.41) is 3.08. The monoisotopic (exact) mass is 433 g/mol. The molecule has 0 unspecified atom stereocenters. The number of amides is 1. The van der Waals surface area contributed by atoms with Gasteiger partial charge in [-0.05, 0) is 44.4 Å². The van der Waals surface area contributed by atoms with Gasteiger partial charge in [-0.15, -0.1) is 11.3 Å². The highest BCUT2D eigenvalue weighted by Gasteiger charge is 2.23. The zero-order chi connectivity index (χ0) is 21.9. The standard InChI is InChI=1S/C22H27NO6S/c1-4-17-15(3)30-21(20(17)22(26)27-5-2)23-18(24)14-29-19(25)12-9-13-28-16-10-7-6-8-11-16/h6-8,10-11H,4-5,9,12-14H2,1-3H3,(H,23,24). The molecule has 0 atom stereocenters. The van der Waals surface area contributed by atoms with Gasteiger partial charge >= 0.3 is 11.9 Å². The smallest absolute Gasteiger partial charge is 0.341 e. The van der Waals surface area contributed by atoms with Crippen LogP contribution in [0.5, 0.6) is 5.75 Å². The summed E-state index contributed by atoms with van der Waals surface area (Å²) in [6.45, 7) is 5.76. The predicted molar refractivity (Wildman–Crippen MR) is 115 cm³/mol. The van der Waals surface area contributed by atoms with E-state index in [1.165, 1.54) is 11.3 Å². The second-order valence-electron chi connectivity index (χ2n) is 6.39. The molecule has 0 fully saturated rings. The average Bonchev–Trinajstić information content (AvgIpc) is 3.05. The van der Waals surface area contributed by atoms with Crippen molar-refractivity contribution in [2.75, 3.05) is 25.1 Å². The molecule has 1 heterocycles. The van der Waals surface area contributed by atoms with Crippen LogP contribution in [0, 0.1) is 6.92 Å². The zero-order valence-corrected chi connectivity index (χ0v) is 18.3. The molecule has 30 heavy (non-hydrogen) atoms. The van der Waals surface area contributed by atoms with E-state index < -0.39 is 24.5 Å². The van der Waals surface area contributed by atoms with E-state index in [1.807, 2.05) is 44.2 Å². The van der Waals surface area contributed by atoms with Crippen molar-refractivity contribution in [3.63, 3.8) is 0 Å². The molecule has 1 aromatic heterocycles. The van der Waals surface area contributed by atoms with Gasteiger partial charge in [0, 0.05) is 11.3 Å². The molecule has 1 amide bonds. The van der Waals surface area contributed by atoms with Crippen LogP contribution in [0.1, 0.15) is 47.5 Å². The molecule has 0 bridgehead atoms. The molecule has 1 N–H and O–H groups in total. The normalized spacial score (nSPS) is 10.4. The van der Waals surface area contributed by atoms with E-state index in [4.69, 9.17) is 14.2 Å². The molecule has 8 heteroatoms. The van der Waals surface area contributed by atoms with Gasteiger partial charge < -0.3 is 19.5 Å². The number of hydrogen-bond acceptors (Lipinski definition) is 7. The first kappa shape index (κ1) is 23.4. The van der Waals surface area contributed by atoms with Crippen LogP contribution in [0.4, 0.5) is 5.00 Å². The van der Waals surface area contributed by atoms with Crippen LogP contribution in [-0.4, -0.2) is 37.7 Å². The summed E-state index contributed by atoms with van der Waals surface area (Å²) < 4.78 is 15.6. The van der Waals surface area contributed by atoms with Crippen molar-refractivity contribution < 1.29 is 28.6 Å². The number of thiophene rings is 1. The molecule has 0 aliphatic heterocycles. The van der Waals surface area contributed by atoms with Crippen LogP contribution in [0.15, 0.2) is 30.3 Å². The van der Waals surface area contributed by atoms with Crippen molar-refractivity contribution >= 4 is 34.2 Å². The number of carbonyl (C=O) groups excluding carboxylic acids is 3. The number of benzene rings is 1. The van der Waals surface area contributed by atoms with E-state index in [0.29, 0.717) is 30.0 Å². The van der Waals surface area contributed by atoms with Crippen LogP contribution >= 0.6 is 11.3 Å². The first-order valence-electron chi connectivity index (χ1n) is 9.88. The topological polar surface area (TPSA) is 90.9 Å². The molecule has 0 aliphatic rings. The van der Waals surface area contributed by atoms with Gasteiger partial charge in [-0.1, -0.05) is 25.1 Å². The minimum absolute atomic E-state index is 0.145. The van der Waals surface area contributed by atoms with E-state index in [0.717, 1.165) is 16.2 Å². The Labute approximate surface area is 180 Å². The summed E-state index contributed by atoms with van der Waals surface area (Å²) in [5.74, 6) is -0.716. The molecule has 0 saturated heterocycles. The third-order valence-electron chi connectivity index (χ3n) is 4.20. The molecule has 7 nitrogen and oxygen atoms in total. The summed E-state index contributed by atoms with van der Waals surface area (Å²) in [4.78, 5) is 37.3. The minimum atomic E-state index is -0.502. The van der Waals surface area contributed by atoms with E-state index >= 15 is 0 Å². The molecule has 0 aliphatic carbocycles. The van der Waals surface area contributed by atoms with Gasteiger partial charge in [-0.25, -0.2) is 4.79 Å². The maximum atomic E-state index is 12.3. The number of hydrogen-bond donors (Lipinski definition) is 1. The lowest BCUT2D eigenvalue weighted by molar-refractivity contribution is -0.147. The Morgan fingerprint density at radius 1 is 1.07 bits per heavy atom. The summed E-state index contributed by atoms with van der Waals surface area (Å²) in [6, 6.07) is 9.31. The van der Waals surface area contributed by atoms with Crippen LogP contribution in [-0.2, 0) is 25.5 Å². The fourth-order valence-corrected chi connectivity index (χ4v) is 3.97. The molecule has 162 valence electrons. The van der Waals surface area contributed by atoms with Crippen LogP contribution < -0.4 is 10.1 Å². The highest BCUT2D eigenvalue weighted by Crippen LogP contribution is 2.34. The Balaban J connectivity index is 1.80. The van der Waals surface area contributed by atoms with Gasteiger partial charge in [0.25, 0.3) is 5.91 Å². The zero-order valence-electron chi connectivity index (χ0n) is 17.5. The summed E-state index contributed by atoms with van der Waals surface area (Å²) in [7, 11) is 0. The number of carbonyl (C=O) groups is 3. The van der Waals surface area contributed by atoms with Crippen molar-refractivity contribution in [2.45, 2.75) is 40.0 Å². The van der Waals surface area contributed by atoms with Gasteiger partial charge in [0.05, 0.1) is 18.8 Å². The molecule has 1 aromatic carbocycles. The van der Waals surface area contributed by atoms with Gasteiger partial charge in [-0.3, -0.25) is 9.59 Å². The maximum absolute atomic E-state index is 12.3. The van der Waals surface area contributed by atoms with E-state index in [-0.39, 0.29) is 13.0 Å². The van der Waals surface area contributed by atoms with E-state index in [2.05, 4.69) is 5.32 Å².